The van der Waals surface area contributed by atoms with Gasteiger partial charge < -0.3 is 15.2 Å². The topological polar surface area (TPSA) is 75.6 Å². The molecule has 0 unspecified atom stereocenters. The van der Waals surface area contributed by atoms with Crippen molar-refractivity contribution in [1.29, 1.82) is 0 Å². The van der Waals surface area contributed by atoms with E-state index in [0.29, 0.717) is 25.2 Å². The van der Waals surface area contributed by atoms with Crippen LogP contribution in [-0.2, 0) is 14.3 Å². The average molecular weight is 297 g/mol. The van der Waals surface area contributed by atoms with Crippen molar-refractivity contribution in [3.63, 3.8) is 0 Å². The number of carbonyl (C=O) groups is 2. The van der Waals surface area contributed by atoms with Gasteiger partial charge >= 0.3 is 5.97 Å². The minimum atomic E-state index is -0.692. The second-order valence-corrected chi connectivity index (χ2v) is 6.49. The third-order valence-electron chi connectivity index (χ3n) is 5.02. The monoisotopic (exact) mass is 297 g/mol. The van der Waals surface area contributed by atoms with Gasteiger partial charge in [0.2, 0.25) is 5.91 Å². The molecule has 2 atom stereocenters. The van der Waals surface area contributed by atoms with Crippen molar-refractivity contribution in [1.82, 2.24) is 5.32 Å². The van der Waals surface area contributed by atoms with Gasteiger partial charge in [-0.3, -0.25) is 9.59 Å². The SMILES string of the molecule is CO[C@H]1CCCC[C@@H]1NC(=O)CC1CCC(C(=O)O)CC1. The average Bonchev–Trinajstić information content (AvgIpc) is 2.48. The Morgan fingerprint density at radius 3 is 2.38 bits per heavy atom. The summed E-state index contributed by atoms with van der Waals surface area (Å²) in [7, 11) is 1.71. The molecule has 1 amide bonds. The smallest absolute Gasteiger partial charge is 0.306 e. The van der Waals surface area contributed by atoms with Crippen molar-refractivity contribution in [2.24, 2.45) is 11.8 Å². The largest absolute Gasteiger partial charge is 0.481 e. The van der Waals surface area contributed by atoms with Crippen LogP contribution in [0.1, 0.15) is 57.8 Å². The van der Waals surface area contributed by atoms with Crippen LogP contribution in [0.5, 0.6) is 0 Å². The van der Waals surface area contributed by atoms with Crippen LogP contribution in [0.15, 0.2) is 0 Å². The molecule has 0 spiro atoms. The first kappa shape index (κ1) is 16.3. The third kappa shape index (κ3) is 4.70. The molecule has 2 N–H and O–H groups in total. The van der Waals surface area contributed by atoms with E-state index in [1.807, 2.05) is 0 Å². The molecule has 2 aliphatic rings. The van der Waals surface area contributed by atoms with Crippen molar-refractivity contribution in [2.75, 3.05) is 7.11 Å². The van der Waals surface area contributed by atoms with Crippen molar-refractivity contribution < 1.29 is 19.4 Å². The molecule has 0 radical (unpaired) electrons. The van der Waals surface area contributed by atoms with Gasteiger partial charge in [-0.2, -0.15) is 0 Å². The maximum absolute atomic E-state index is 12.2. The highest BCUT2D eigenvalue weighted by Gasteiger charge is 2.29. The van der Waals surface area contributed by atoms with Gasteiger partial charge in [-0.1, -0.05) is 12.8 Å². The Hall–Kier alpha value is -1.10. The minimum Gasteiger partial charge on any atom is -0.481 e. The van der Waals surface area contributed by atoms with Crippen LogP contribution in [-0.4, -0.2) is 36.2 Å². The molecule has 5 heteroatoms. The highest BCUT2D eigenvalue weighted by Crippen LogP contribution is 2.31. The lowest BCUT2D eigenvalue weighted by Crippen LogP contribution is -2.46. The molecule has 2 saturated carbocycles. The van der Waals surface area contributed by atoms with Crippen LogP contribution in [0.4, 0.5) is 0 Å². The van der Waals surface area contributed by atoms with Gasteiger partial charge in [-0.15, -0.1) is 0 Å². The van der Waals surface area contributed by atoms with E-state index in [1.165, 1.54) is 6.42 Å². The summed E-state index contributed by atoms with van der Waals surface area (Å²) in [5, 5.41) is 12.1. The molecule has 0 heterocycles. The number of amides is 1. The van der Waals surface area contributed by atoms with Crippen LogP contribution >= 0.6 is 0 Å². The molecule has 0 aromatic carbocycles. The summed E-state index contributed by atoms with van der Waals surface area (Å²) in [6, 6.07) is 0.145. The molecule has 2 aliphatic carbocycles. The summed E-state index contributed by atoms with van der Waals surface area (Å²) in [5.41, 5.74) is 0. The van der Waals surface area contributed by atoms with Gasteiger partial charge in [-0.25, -0.2) is 0 Å². The number of rotatable bonds is 5. The van der Waals surface area contributed by atoms with Crippen molar-refractivity contribution in [2.45, 2.75) is 69.9 Å². The lowest BCUT2D eigenvalue weighted by molar-refractivity contribution is -0.143. The Morgan fingerprint density at radius 2 is 1.76 bits per heavy atom. The number of aliphatic carboxylic acids is 1. The van der Waals surface area contributed by atoms with E-state index in [0.717, 1.165) is 32.1 Å². The Balaban J connectivity index is 1.73. The van der Waals surface area contributed by atoms with E-state index in [4.69, 9.17) is 9.84 Å². The second-order valence-electron chi connectivity index (χ2n) is 6.49. The highest BCUT2D eigenvalue weighted by atomic mass is 16.5. The maximum Gasteiger partial charge on any atom is 0.306 e. The van der Waals surface area contributed by atoms with Gasteiger partial charge in [-0.05, 0) is 44.4 Å². The number of nitrogens with one attached hydrogen (secondary N) is 1. The molecule has 0 aromatic rings. The lowest BCUT2D eigenvalue weighted by Gasteiger charge is -2.32. The Kier molecular flexibility index (Phi) is 6.03. The summed E-state index contributed by atoms with van der Waals surface area (Å²) in [6.45, 7) is 0. The fourth-order valence-corrected chi connectivity index (χ4v) is 3.69. The van der Waals surface area contributed by atoms with Crippen LogP contribution in [0.2, 0.25) is 0 Å². The zero-order chi connectivity index (χ0) is 15.2. The van der Waals surface area contributed by atoms with E-state index in [1.54, 1.807) is 7.11 Å². The predicted molar refractivity (Wildman–Crippen MR) is 78.9 cm³/mol. The Morgan fingerprint density at radius 1 is 1.10 bits per heavy atom. The molecule has 5 nitrogen and oxygen atoms in total. The quantitative estimate of drug-likeness (QED) is 0.816. The first-order chi connectivity index (χ1) is 10.1. The first-order valence-corrected chi connectivity index (χ1v) is 8.15. The van der Waals surface area contributed by atoms with Crippen molar-refractivity contribution >= 4 is 11.9 Å². The van der Waals surface area contributed by atoms with E-state index in [-0.39, 0.29) is 24.0 Å². The van der Waals surface area contributed by atoms with Crippen LogP contribution in [0, 0.1) is 11.8 Å². The summed E-state index contributed by atoms with van der Waals surface area (Å²) >= 11 is 0. The van der Waals surface area contributed by atoms with Crippen LogP contribution in [0.3, 0.4) is 0 Å². The number of methoxy groups -OCH3 is 1. The van der Waals surface area contributed by atoms with Gasteiger partial charge in [0.1, 0.15) is 0 Å². The standard InChI is InChI=1S/C16H27NO4/c1-21-14-5-3-2-4-13(14)17-15(18)10-11-6-8-12(9-7-11)16(19)20/h11-14H,2-10H2,1H3,(H,17,18)(H,19,20)/t11?,12?,13-,14-/m0/s1. The molecule has 120 valence electrons. The fourth-order valence-electron chi connectivity index (χ4n) is 3.69. The number of carboxylic acids is 1. The molecule has 21 heavy (non-hydrogen) atoms. The van der Waals surface area contributed by atoms with Crippen LogP contribution < -0.4 is 5.32 Å². The summed E-state index contributed by atoms with van der Waals surface area (Å²) in [5.74, 6) is -0.462. The molecule has 0 aromatic heterocycles. The van der Waals surface area contributed by atoms with Crippen molar-refractivity contribution in [3.05, 3.63) is 0 Å². The lowest BCUT2D eigenvalue weighted by atomic mass is 9.80. The Bertz CT molecular complexity index is 363. The molecule has 0 bridgehead atoms. The third-order valence-corrected chi connectivity index (χ3v) is 5.02. The molecule has 0 aliphatic heterocycles. The molecule has 2 rings (SSSR count). The zero-order valence-electron chi connectivity index (χ0n) is 12.8. The van der Waals surface area contributed by atoms with Gasteiger partial charge in [0, 0.05) is 13.5 Å². The normalized spacial score (nSPS) is 33.4. The van der Waals surface area contributed by atoms with E-state index < -0.39 is 5.97 Å². The summed E-state index contributed by atoms with van der Waals surface area (Å²) in [6.07, 6.45) is 8.12. The highest BCUT2D eigenvalue weighted by molar-refractivity contribution is 5.76. The first-order valence-electron chi connectivity index (χ1n) is 8.15. The summed E-state index contributed by atoms with van der Waals surface area (Å²) < 4.78 is 5.46. The maximum atomic E-state index is 12.2. The Labute approximate surface area is 126 Å². The van der Waals surface area contributed by atoms with Crippen LogP contribution in [0.25, 0.3) is 0 Å². The van der Waals surface area contributed by atoms with Gasteiger partial charge in [0.15, 0.2) is 0 Å². The molecule has 2 fully saturated rings. The molecule has 0 saturated heterocycles. The van der Waals surface area contributed by atoms with Gasteiger partial charge in [0.25, 0.3) is 0 Å². The van der Waals surface area contributed by atoms with Gasteiger partial charge in [0.05, 0.1) is 18.1 Å². The number of hydrogen-bond donors (Lipinski definition) is 2. The minimum absolute atomic E-state index is 0.0997. The van der Waals surface area contributed by atoms with E-state index >= 15 is 0 Å². The number of hydrogen-bond acceptors (Lipinski definition) is 3. The predicted octanol–water partition coefficient (Wildman–Crippen LogP) is 2.34. The number of ether oxygens (including phenoxy) is 1. The summed E-state index contributed by atoms with van der Waals surface area (Å²) in [4.78, 5) is 23.1. The molecular weight excluding hydrogens is 270 g/mol. The van der Waals surface area contributed by atoms with Crippen molar-refractivity contribution in [3.8, 4) is 0 Å². The van der Waals surface area contributed by atoms with E-state index in [2.05, 4.69) is 5.32 Å². The fraction of sp³-hybridized carbons (Fsp3) is 0.875. The van der Waals surface area contributed by atoms with E-state index in [9.17, 15) is 9.59 Å². The number of carboxylic acid groups (broad SMARTS) is 1. The molecular formula is C16H27NO4. The zero-order valence-corrected chi connectivity index (χ0v) is 12.8. The number of carbonyl (C=O) groups excluding carboxylic acids is 1. The second kappa shape index (κ2) is 7.78.